The minimum atomic E-state index is -0.614. The number of carbonyl (C=O) groups is 1. The van der Waals surface area contributed by atoms with Crippen LogP contribution >= 0.6 is 7.92 Å². The van der Waals surface area contributed by atoms with Crippen LogP contribution in [0.4, 0.5) is 0 Å². The van der Waals surface area contributed by atoms with Crippen LogP contribution in [0, 0.1) is 0 Å². The van der Waals surface area contributed by atoms with Gasteiger partial charge < -0.3 is 5.32 Å². The molecule has 1 aliphatic rings. The molecule has 0 bridgehead atoms. The normalized spacial score (nSPS) is 17.5. The summed E-state index contributed by atoms with van der Waals surface area (Å²) in [5.41, 5.74) is 1.84. The van der Waals surface area contributed by atoms with E-state index in [4.69, 9.17) is 0 Å². The van der Waals surface area contributed by atoms with Crippen LogP contribution in [0.1, 0.15) is 109 Å². The summed E-state index contributed by atoms with van der Waals surface area (Å²) < 4.78 is 0. The fourth-order valence-corrected chi connectivity index (χ4v) is 10.2. The molecule has 2 atom stereocenters. The lowest BCUT2D eigenvalue weighted by Crippen LogP contribution is -2.62. The van der Waals surface area contributed by atoms with Gasteiger partial charge in [-0.3, -0.25) is 4.79 Å². The fraction of sp³-hybridized carbons (Fsp3) is 0.400. The quantitative estimate of drug-likeness (QED) is 0.0769. The van der Waals surface area contributed by atoms with E-state index >= 15 is 0 Å². The number of hydrogen-bond acceptors (Lipinski definition) is 2. The summed E-state index contributed by atoms with van der Waals surface area (Å²) in [5, 5.41) is 21.2. The van der Waals surface area contributed by atoms with Crippen molar-refractivity contribution in [2.75, 3.05) is 0 Å². The number of unbranched alkanes of at least 4 members (excludes halogenated alkanes) is 1. The number of benzene rings is 4. The Morgan fingerprint density at radius 2 is 1.24 bits per heavy atom. The van der Waals surface area contributed by atoms with Gasteiger partial charge in [0.05, 0.1) is 0 Å². The van der Waals surface area contributed by atoms with Gasteiger partial charge >= 0.3 is 0 Å². The average Bonchev–Trinajstić information content (AvgIpc) is 3.11. The molecule has 5 heteroatoms. The number of amides is 1. The van der Waals surface area contributed by atoms with E-state index in [9.17, 15) is 10.0 Å². The minimum Gasteiger partial charge on any atom is -0.353 e. The first-order chi connectivity index (χ1) is 24.1. The molecule has 0 aliphatic carbocycles. The lowest BCUT2D eigenvalue weighted by Gasteiger charge is -2.50. The third-order valence-electron chi connectivity index (χ3n) is 10.3. The molecule has 1 amide bonds. The standard InChI is InChI=1S/C45H56N2O2P/c1-6-35(37-28-30-42(31-29-37)50(40-23-15-10-16-24-40)41-25-17-11-18-26-41)32-38(36-20-13-9-14-21-36)22-12-7-8-19-27-43(48)46-39-33-44(2,3)47(49)45(4,5)34-39/h7,9-18,20-21,23-26,28-31,35,38-39H,6,8,19,22,27,32-34H2,1-5H3,(H,46,48)/b12-7+. The van der Waals surface area contributed by atoms with Crippen molar-refractivity contribution in [1.29, 1.82) is 0 Å². The summed E-state index contributed by atoms with van der Waals surface area (Å²) in [7, 11) is -0.614. The zero-order valence-corrected chi connectivity index (χ0v) is 31.6. The summed E-state index contributed by atoms with van der Waals surface area (Å²) in [6.45, 7) is 10.2. The molecule has 4 aromatic carbocycles. The van der Waals surface area contributed by atoms with Gasteiger partial charge in [0.2, 0.25) is 5.91 Å². The Kier molecular flexibility index (Phi) is 13.3. The Morgan fingerprint density at radius 1 is 0.740 bits per heavy atom. The number of hydroxylamine groups is 2. The molecular weight excluding hydrogens is 631 g/mol. The van der Waals surface area contributed by atoms with Crippen LogP contribution in [-0.4, -0.2) is 28.1 Å². The molecule has 1 aliphatic heterocycles. The summed E-state index contributed by atoms with van der Waals surface area (Å²) in [5.74, 6) is 0.979. The highest BCUT2D eigenvalue weighted by atomic mass is 31.1. The van der Waals surface area contributed by atoms with Crippen molar-refractivity contribution in [2.24, 2.45) is 0 Å². The monoisotopic (exact) mass is 687 g/mol. The molecule has 50 heavy (non-hydrogen) atoms. The van der Waals surface area contributed by atoms with Crippen molar-refractivity contribution >= 4 is 29.7 Å². The Bertz CT molecular complexity index is 1580. The Labute approximate surface area is 302 Å². The zero-order valence-electron chi connectivity index (χ0n) is 30.7. The first-order valence-corrected chi connectivity index (χ1v) is 19.9. The largest absolute Gasteiger partial charge is 0.353 e. The zero-order chi connectivity index (χ0) is 35.6. The molecular formula is C45H56N2O2P. The van der Waals surface area contributed by atoms with Crippen molar-refractivity contribution in [1.82, 2.24) is 10.4 Å². The summed E-state index contributed by atoms with van der Waals surface area (Å²) in [6, 6.07) is 42.3. The van der Waals surface area contributed by atoms with Crippen molar-refractivity contribution < 1.29 is 10.0 Å². The molecule has 0 spiro atoms. The predicted octanol–water partition coefficient (Wildman–Crippen LogP) is 9.71. The molecule has 2 unspecified atom stereocenters. The first kappa shape index (κ1) is 37.7. The van der Waals surface area contributed by atoms with Crippen molar-refractivity contribution in [3.8, 4) is 0 Å². The molecule has 5 rings (SSSR count). The lowest BCUT2D eigenvalue weighted by atomic mass is 9.79. The average molecular weight is 688 g/mol. The highest BCUT2D eigenvalue weighted by Gasteiger charge is 2.46. The van der Waals surface area contributed by atoms with Gasteiger partial charge in [-0.15, -0.1) is 10.3 Å². The summed E-state index contributed by atoms with van der Waals surface area (Å²) >= 11 is 0. The van der Waals surface area contributed by atoms with E-state index in [1.54, 1.807) is 0 Å². The Balaban J connectivity index is 1.18. The van der Waals surface area contributed by atoms with Gasteiger partial charge in [0.15, 0.2) is 0 Å². The van der Waals surface area contributed by atoms with Crippen LogP contribution in [0.5, 0.6) is 0 Å². The van der Waals surface area contributed by atoms with E-state index in [-0.39, 0.29) is 11.9 Å². The van der Waals surface area contributed by atoms with Gasteiger partial charge in [-0.1, -0.05) is 134 Å². The lowest BCUT2D eigenvalue weighted by molar-refractivity contribution is -0.290. The second kappa shape index (κ2) is 17.6. The highest BCUT2D eigenvalue weighted by Crippen LogP contribution is 2.38. The SMILES string of the molecule is CCC(CC(C/C=C/CCCC(=O)NC1CC(C)(C)N([O])C(C)(C)C1)c1ccccc1)c1ccc(P(c2ccccc2)c2ccccc2)cc1. The van der Waals surface area contributed by atoms with Crippen LogP contribution < -0.4 is 21.2 Å². The first-order valence-electron chi connectivity index (χ1n) is 18.5. The van der Waals surface area contributed by atoms with Crippen LogP contribution in [0.3, 0.4) is 0 Å². The van der Waals surface area contributed by atoms with Gasteiger partial charge in [-0.25, -0.2) is 0 Å². The van der Waals surface area contributed by atoms with Gasteiger partial charge in [0.25, 0.3) is 0 Å². The van der Waals surface area contributed by atoms with Gasteiger partial charge in [0.1, 0.15) is 0 Å². The third-order valence-corrected chi connectivity index (χ3v) is 12.7. The number of carbonyl (C=O) groups excluding carboxylic acids is 1. The number of nitrogens with one attached hydrogen (secondary N) is 1. The second-order valence-electron chi connectivity index (χ2n) is 15.2. The van der Waals surface area contributed by atoms with E-state index in [1.165, 1.54) is 32.1 Å². The third kappa shape index (κ3) is 10.0. The van der Waals surface area contributed by atoms with Crippen LogP contribution in [0.15, 0.2) is 127 Å². The molecule has 4 aromatic rings. The minimum absolute atomic E-state index is 0.0395. The smallest absolute Gasteiger partial charge is 0.220 e. The Hall–Kier alpha value is -3.56. The number of hydrogen-bond donors (Lipinski definition) is 1. The molecule has 0 aromatic heterocycles. The van der Waals surface area contributed by atoms with Crippen LogP contribution in [0.25, 0.3) is 0 Å². The Morgan fingerprint density at radius 3 is 1.78 bits per heavy atom. The van der Waals surface area contributed by atoms with E-state index in [1.807, 2.05) is 27.7 Å². The fourth-order valence-electron chi connectivity index (χ4n) is 7.90. The van der Waals surface area contributed by atoms with E-state index in [0.717, 1.165) is 32.1 Å². The van der Waals surface area contributed by atoms with Gasteiger partial charge in [-0.05, 0) is 119 Å². The van der Waals surface area contributed by atoms with E-state index in [2.05, 4.69) is 140 Å². The molecule has 4 nitrogen and oxygen atoms in total. The maximum atomic E-state index is 12.8. The maximum absolute atomic E-state index is 12.8. The van der Waals surface area contributed by atoms with Crippen molar-refractivity contribution in [3.05, 3.63) is 139 Å². The maximum Gasteiger partial charge on any atom is 0.220 e. The molecule has 1 heterocycles. The number of nitrogens with zero attached hydrogens (tertiary/aromatic N) is 1. The van der Waals surface area contributed by atoms with E-state index < -0.39 is 19.0 Å². The molecule has 1 N–H and O–H groups in total. The molecule has 1 radical (unpaired) electrons. The summed E-state index contributed by atoms with van der Waals surface area (Å²) in [4.78, 5) is 12.8. The molecule has 1 fully saturated rings. The number of rotatable bonds is 15. The van der Waals surface area contributed by atoms with Crippen LogP contribution in [-0.2, 0) is 10.0 Å². The van der Waals surface area contributed by atoms with Crippen molar-refractivity contribution in [2.45, 2.75) is 115 Å². The van der Waals surface area contributed by atoms with Gasteiger partial charge in [0, 0.05) is 23.5 Å². The number of allylic oxidation sites excluding steroid dienone is 2. The molecule has 263 valence electrons. The van der Waals surface area contributed by atoms with Crippen molar-refractivity contribution in [3.63, 3.8) is 0 Å². The topological polar surface area (TPSA) is 52.2 Å². The molecule has 1 saturated heterocycles. The molecule has 0 saturated carbocycles. The predicted molar refractivity (Wildman–Crippen MR) is 211 cm³/mol. The second-order valence-corrected chi connectivity index (χ2v) is 17.5. The van der Waals surface area contributed by atoms with Crippen LogP contribution in [0.2, 0.25) is 0 Å². The number of piperidine rings is 1. The highest BCUT2D eigenvalue weighted by molar-refractivity contribution is 7.79. The summed E-state index contributed by atoms with van der Waals surface area (Å²) in [6.07, 6.45) is 11.3. The van der Waals surface area contributed by atoms with Gasteiger partial charge in [-0.2, -0.15) is 0 Å². The van der Waals surface area contributed by atoms with E-state index in [0.29, 0.717) is 31.1 Å².